The number of aliphatic hydroxyl groups excluding tert-OH is 1. The van der Waals surface area contributed by atoms with E-state index in [-0.39, 0.29) is 17.2 Å². The van der Waals surface area contributed by atoms with Crippen LogP contribution in [0.25, 0.3) is 5.76 Å². The first-order valence-electron chi connectivity index (χ1n) is 9.46. The number of Topliss-reactive ketones (excluding diaryl/α,β-unsaturated/α-hetero) is 1. The van der Waals surface area contributed by atoms with Gasteiger partial charge in [-0.1, -0.05) is 28.9 Å². The molecule has 158 valence electrons. The van der Waals surface area contributed by atoms with Gasteiger partial charge in [0.1, 0.15) is 17.3 Å². The minimum absolute atomic E-state index is 0.0579. The van der Waals surface area contributed by atoms with Crippen molar-refractivity contribution in [2.45, 2.75) is 19.9 Å². The fourth-order valence-electron chi connectivity index (χ4n) is 3.71. The standard InChI is InChI=1S/C23H19ClN2O5/c1-12-9-15(7-8-17(12)30-3)21(27)19-20(14-5-4-6-16(24)11-14)26(23(29)22(19)28)18-10-13(2)31-25-18/h4-11,20,27H,1-3H3. The zero-order chi connectivity index (χ0) is 22.3. The highest BCUT2D eigenvalue weighted by Crippen LogP contribution is 2.42. The number of aryl methyl sites for hydroxylation is 2. The fourth-order valence-corrected chi connectivity index (χ4v) is 3.91. The Morgan fingerprint density at radius 2 is 1.94 bits per heavy atom. The number of aromatic nitrogens is 1. The Hall–Kier alpha value is -3.58. The van der Waals surface area contributed by atoms with E-state index in [2.05, 4.69) is 5.16 Å². The van der Waals surface area contributed by atoms with Gasteiger partial charge in [0, 0.05) is 16.7 Å². The van der Waals surface area contributed by atoms with E-state index in [4.69, 9.17) is 20.9 Å². The number of benzene rings is 2. The van der Waals surface area contributed by atoms with Crippen LogP contribution in [-0.2, 0) is 9.59 Å². The molecule has 7 nitrogen and oxygen atoms in total. The van der Waals surface area contributed by atoms with Gasteiger partial charge in [-0.25, -0.2) is 0 Å². The third-order valence-electron chi connectivity index (χ3n) is 5.14. The lowest BCUT2D eigenvalue weighted by molar-refractivity contribution is -0.132. The van der Waals surface area contributed by atoms with Gasteiger partial charge >= 0.3 is 5.91 Å². The van der Waals surface area contributed by atoms with E-state index in [1.165, 1.54) is 4.90 Å². The number of anilines is 1. The Kier molecular flexibility index (Phi) is 5.29. The quantitative estimate of drug-likeness (QED) is 0.364. The SMILES string of the molecule is COc1ccc(C(O)=C2C(=O)C(=O)N(c3cc(C)on3)C2c2cccc(Cl)c2)cc1C. The summed E-state index contributed by atoms with van der Waals surface area (Å²) in [5.41, 5.74) is 1.66. The number of amides is 1. The summed E-state index contributed by atoms with van der Waals surface area (Å²) in [7, 11) is 1.55. The van der Waals surface area contributed by atoms with Gasteiger partial charge in [0.25, 0.3) is 5.78 Å². The molecule has 0 saturated carbocycles. The van der Waals surface area contributed by atoms with Gasteiger partial charge in [0.2, 0.25) is 0 Å². The van der Waals surface area contributed by atoms with E-state index in [0.717, 1.165) is 5.56 Å². The maximum Gasteiger partial charge on any atom is 0.301 e. The Morgan fingerprint density at radius 3 is 2.55 bits per heavy atom. The summed E-state index contributed by atoms with van der Waals surface area (Å²) in [6.45, 7) is 3.50. The van der Waals surface area contributed by atoms with Crippen molar-refractivity contribution in [1.82, 2.24) is 5.16 Å². The number of carbonyl (C=O) groups is 2. The summed E-state index contributed by atoms with van der Waals surface area (Å²) in [5.74, 6) is -0.637. The number of hydrogen-bond donors (Lipinski definition) is 1. The summed E-state index contributed by atoms with van der Waals surface area (Å²) in [6, 6.07) is 12.4. The maximum absolute atomic E-state index is 13.1. The largest absolute Gasteiger partial charge is 0.507 e. The average molecular weight is 439 g/mol. The first-order chi connectivity index (χ1) is 14.8. The molecule has 0 bridgehead atoms. The highest BCUT2D eigenvalue weighted by Gasteiger charge is 2.48. The number of methoxy groups -OCH3 is 1. The minimum atomic E-state index is -0.925. The van der Waals surface area contributed by atoms with Crippen LogP contribution in [0.5, 0.6) is 5.75 Å². The predicted molar refractivity (Wildman–Crippen MR) is 115 cm³/mol. The first-order valence-corrected chi connectivity index (χ1v) is 9.84. The number of halogens is 1. The van der Waals surface area contributed by atoms with E-state index in [9.17, 15) is 14.7 Å². The number of rotatable bonds is 4. The molecule has 1 unspecified atom stereocenters. The van der Waals surface area contributed by atoms with Crippen molar-refractivity contribution in [3.8, 4) is 5.75 Å². The summed E-state index contributed by atoms with van der Waals surface area (Å²) in [6.07, 6.45) is 0. The Bertz CT molecular complexity index is 1230. The zero-order valence-electron chi connectivity index (χ0n) is 17.0. The van der Waals surface area contributed by atoms with Crippen molar-refractivity contribution in [3.05, 3.63) is 81.6 Å². The second-order valence-electron chi connectivity index (χ2n) is 7.20. The number of carbonyl (C=O) groups excluding carboxylic acids is 2. The number of nitrogens with zero attached hydrogens (tertiary/aromatic N) is 2. The van der Waals surface area contributed by atoms with Crippen molar-refractivity contribution in [3.63, 3.8) is 0 Å². The minimum Gasteiger partial charge on any atom is -0.507 e. The summed E-state index contributed by atoms with van der Waals surface area (Å²) < 4.78 is 10.4. The lowest BCUT2D eigenvalue weighted by atomic mass is 9.95. The molecule has 1 aliphatic rings. The molecular formula is C23H19ClN2O5. The molecule has 0 spiro atoms. The Morgan fingerprint density at radius 1 is 1.16 bits per heavy atom. The number of ether oxygens (including phenoxy) is 1. The second kappa shape index (κ2) is 7.92. The molecule has 31 heavy (non-hydrogen) atoms. The first kappa shape index (κ1) is 20.7. The van der Waals surface area contributed by atoms with Crippen LogP contribution < -0.4 is 9.64 Å². The van der Waals surface area contributed by atoms with Gasteiger partial charge in [0.05, 0.1) is 18.7 Å². The van der Waals surface area contributed by atoms with E-state index in [1.54, 1.807) is 62.6 Å². The van der Waals surface area contributed by atoms with Crippen LogP contribution in [0, 0.1) is 13.8 Å². The van der Waals surface area contributed by atoms with Crippen LogP contribution >= 0.6 is 11.6 Å². The zero-order valence-corrected chi connectivity index (χ0v) is 17.8. The number of ketones is 1. The molecule has 1 aliphatic heterocycles. The lowest BCUT2D eigenvalue weighted by Crippen LogP contribution is -2.29. The molecule has 0 aliphatic carbocycles. The van der Waals surface area contributed by atoms with E-state index in [0.29, 0.717) is 27.7 Å². The van der Waals surface area contributed by atoms with Gasteiger partial charge in [-0.15, -0.1) is 0 Å². The van der Waals surface area contributed by atoms with Crippen molar-refractivity contribution in [1.29, 1.82) is 0 Å². The molecule has 4 rings (SSSR count). The topological polar surface area (TPSA) is 92.9 Å². The average Bonchev–Trinajstić information content (AvgIpc) is 3.28. The van der Waals surface area contributed by atoms with Crippen molar-refractivity contribution < 1.29 is 24.0 Å². The van der Waals surface area contributed by atoms with E-state index < -0.39 is 17.7 Å². The molecule has 8 heteroatoms. The number of hydrogen-bond acceptors (Lipinski definition) is 6. The van der Waals surface area contributed by atoms with E-state index in [1.807, 2.05) is 6.92 Å². The molecule has 2 heterocycles. The van der Waals surface area contributed by atoms with Gasteiger partial charge in [-0.2, -0.15) is 0 Å². The van der Waals surface area contributed by atoms with Crippen molar-refractivity contribution in [2.75, 3.05) is 12.0 Å². The summed E-state index contributed by atoms with van der Waals surface area (Å²) in [4.78, 5) is 27.3. The molecule has 3 aromatic rings. The summed E-state index contributed by atoms with van der Waals surface area (Å²) >= 11 is 6.18. The van der Waals surface area contributed by atoms with Crippen LogP contribution in [0.2, 0.25) is 5.02 Å². The van der Waals surface area contributed by atoms with Crippen LogP contribution in [0.4, 0.5) is 5.82 Å². The molecule has 0 radical (unpaired) electrons. The van der Waals surface area contributed by atoms with Crippen LogP contribution in [0.15, 0.2) is 58.6 Å². The second-order valence-corrected chi connectivity index (χ2v) is 7.64. The lowest BCUT2D eigenvalue weighted by Gasteiger charge is -2.23. The molecule has 1 atom stereocenters. The summed E-state index contributed by atoms with van der Waals surface area (Å²) in [5, 5.41) is 15.5. The molecule has 1 aromatic heterocycles. The predicted octanol–water partition coefficient (Wildman–Crippen LogP) is 4.58. The van der Waals surface area contributed by atoms with Gasteiger partial charge in [-0.05, 0) is 55.3 Å². The smallest absolute Gasteiger partial charge is 0.301 e. The third-order valence-corrected chi connectivity index (χ3v) is 5.37. The van der Waals surface area contributed by atoms with Crippen molar-refractivity contribution in [2.24, 2.45) is 0 Å². The molecular weight excluding hydrogens is 420 g/mol. The molecule has 1 fully saturated rings. The van der Waals surface area contributed by atoms with Gasteiger partial charge in [-0.3, -0.25) is 14.5 Å². The monoisotopic (exact) mass is 438 g/mol. The molecule has 1 N–H and O–H groups in total. The fraction of sp³-hybridized carbons (Fsp3) is 0.174. The van der Waals surface area contributed by atoms with Crippen LogP contribution in [0.1, 0.15) is 28.5 Å². The van der Waals surface area contributed by atoms with Crippen LogP contribution in [0.3, 0.4) is 0 Å². The third kappa shape index (κ3) is 3.57. The Labute approximate surface area is 183 Å². The Balaban J connectivity index is 1.94. The van der Waals surface area contributed by atoms with Crippen LogP contribution in [-0.4, -0.2) is 29.1 Å². The van der Waals surface area contributed by atoms with E-state index >= 15 is 0 Å². The highest BCUT2D eigenvalue weighted by molar-refractivity contribution is 6.51. The molecule has 1 amide bonds. The maximum atomic E-state index is 13.1. The van der Waals surface area contributed by atoms with Crippen molar-refractivity contribution >= 4 is 34.9 Å². The molecule has 1 saturated heterocycles. The highest BCUT2D eigenvalue weighted by atomic mass is 35.5. The number of aliphatic hydroxyl groups is 1. The van der Waals surface area contributed by atoms with Gasteiger partial charge < -0.3 is 14.4 Å². The molecule has 2 aromatic carbocycles. The van der Waals surface area contributed by atoms with Gasteiger partial charge in [0.15, 0.2) is 5.82 Å². The normalized spacial score (nSPS) is 17.9.